The van der Waals surface area contributed by atoms with Crippen molar-refractivity contribution in [1.82, 2.24) is 9.97 Å². The molecule has 3 aromatic rings. The van der Waals surface area contributed by atoms with E-state index in [9.17, 15) is 0 Å². The highest BCUT2D eigenvalue weighted by Gasteiger charge is 2.05. The number of hydrogen-bond acceptors (Lipinski definition) is 3. The molecule has 0 saturated carbocycles. The highest BCUT2D eigenvalue weighted by Crippen LogP contribution is 2.28. The Bertz CT molecular complexity index is 717. The van der Waals surface area contributed by atoms with Crippen molar-refractivity contribution in [3.63, 3.8) is 0 Å². The van der Waals surface area contributed by atoms with E-state index in [1.165, 1.54) is 0 Å². The molecule has 0 saturated heterocycles. The van der Waals surface area contributed by atoms with Crippen molar-refractivity contribution in [3.8, 4) is 28.3 Å². The van der Waals surface area contributed by atoms with Crippen LogP contribution in [-0.4, -0.2) is 9.97 Å². The first-order chi connectivity index (χ1) is 10.4. The summed E-state index contributed by atoms with van der Waals surface area (Å²) in [4.78, 5) is 8.10. The summed E-state index contributed by atoms with van der Waals surface area (Å²) in [5.74, 6) is 0. The second-order valence-corrected chi connectivity index (χ2v) is 4.73. The van der Waals surface area contributed by atoms with E-state index < -0.39 is 0 Å². The third-order valence-corrected chi connectivity index (χ3v) is 3.30. The molecule has 3 heteroatoms. The number of rotatable bonds is 3. The van der Waals surface area contributed by atoms with Crippen molar-refractivity contribution in [2.75, 3.05) is 0 Å². The Morgan fingerprint density at radius 1 is 0.714 bits per heavy atom. The predicted molar refractivity (Wildman–Crippen MR) is 82.2 cm³/mol. The Morgan fingerprint density at radius 3 is 1.62 bits per heavy atom. The van der Waals surface area contributed by atoms with Crippen LogP contribution in [-0.2, 0) is 6.42 Å². The molecule has 0 bridgehead atoms. The van der Waals surface area contributed by atoms with E-state index >= 15 is 0 Å². The Morgan fingerprint density at radius 2 is 1.19 bits per heavy atom. The smallest absolute Gasteiger partial charge is 0.0669 e. The van der Waals surface area contributed by atoms with Gasteiger partial charge in [-0.25, -0.2) is 0 Å². The van der Waals surface area contributed by atoms with Gasteiger partial charge in [-0.05, 0) is 58.1 Å². The van der Waals surface area contributed by atoms with Crippen molar-refractivity contribution in [3.05, 3.63) is 72.8 Å². The van der Waals surface area contributed by atoms with E-state index in [-0.39, 0.29) is 0 Å². The topological polar surface area (TPSA) is 49.6 Å². The van der Waals surface area contributed by atoms with Gasteiger partial charge in [-0.3, -0.25) is 9.97 Å². The van der Waals surface area contributed by atoms with Gasteiger partial charge in [0.2, 0.25) is 0 Å². The first-order valence-electron chi connectivity index (χ1n) is 6.68. The quantitative estimate of drug-likeness (QED) is 0.726. The lowest BCUT2D eigenvalue weighted by atomic mass is 9.96. The molecular weight excluding hydrogens is 258 g/mol. The second-order valence-electron chi connectivity index (χ2n) is 4.73. The van der Waals surface area contributed by atoms with Crippen LogP contribution in [0.1, 0.15) is 5.56 Å². The summed E-state index contributed by atoms with van der Waals surface area (Å²) in [5, 5.41) is 8.97. The highest BCUT2D eigenvalue weighted by molar-refractivity contribution is 5.73. The van der Waals surface area contributed by atoms with E-state index in [4.69, 9.17) is 5.26 Å². The van der Waals surface area contributed by atoms with Crippen molar-refractivity contribution < 1.29 is 0 Å². The fourth-order valence-electron chi connectivity index (χ4n) is 2.31. The molecule has 3 rings (SSSR count). The van der Waals surface area contributed by atoms with Gasteiger partial charge in [0.15, 0.2) is 0 Å². The summed E-state index contributed by atoms with van der Waals surface area (Å²) in [7, 11) is 0. The Hall–Kier alpha value is -2.99. The average molecular weight is 271 g/mol. The fraction of sp³-hybridized carbons (Fsp3) is 0.0556. The predicted octanol–water partition coefficient (Wildman–Crippen LogP) is 3.88. The standard InChI is InChI=1S/C18H13N3/c19-6-1-14-11-17(15-2-7-20-8-3-15)13-18(12-14)16-4-9-21-10-5-16/h2-5,7-13H,1H2. The second kappa shape index (κ2) is 5.98. The van der Waals surface area contributed by atoms with Gasteiger partial charge >= 0.3 is 0 Å². The van der Waals surface area contributed by atoms with Gasteiger partial charge < -0.3 is 0 Å². The zero-order valence-electron chi connectivity index (χ0n) is 11.4. The number of aromatic nitrogens is 2. The maximum Gasteiger partial charge on any atom is 0.0669 e. The SMILES string of the molecule is N#CCc1cc(-c2ccncc2)cc(-c2ccncc2)c1. The molecule has 1 aromatic carbocycles. The maximum absolute atomic E-state index is 8.97. The lowest BCUT2D eigenvalue weighted by Gasteiger charge is -2.09. The van der Waals surface area contributed by atoms with Gasteiger partial charge in [0.1, 0.15) is 0 Å². The van der Waals surface area contributed by atoms with Crippen molar-refractivity contribution in [2.24, 2.45) is 0 Å². The van der Waals surface area contributed by atoms with Gasteiger partial charge in [-0.15, -0.1) is 0 Å². The summed E-state index contributed by atoms with van der Waals surface area (Å²) < 4.78 is 0. The Balaban J connectivity index is 2.13. The van der Waals surface area contributed by atoms with Crippen molar-refractivity contribution in [2.45, 2.75) is 6.42 Å². The van der Waals surface area contributed by atoms with Crippen LogP contribution in [0.3, 0.4) is 0 Å². The van der Waals surface area contributed by atoms with Crippen LogP contribution in [0.2, 0.25) is 0 Å². The van der Waals surface area contributed by atoms with E-state index in [0.29, 0.717) is 6.42 Å². The van der Waals surface area contributed by atoms with Gasteiger partial charge in [-0.1, -0.05) is 12.1 Å². The Labute approximate surface area is 123 Å². The molecule has 2 aromatic heterocycles. The van der Waals surface area contributed by atoms with Crippen LogP contribution in [0.4, 0.5) is 0 Å². The molecule has 0 spiro atoms. The normalized spacial score (nSPS) is 10.0. The molecular formula is C18H13N3. The van der Waals surface area contributed by atoms with E-state index in [1.54, 1.807) is 24.8 Å². The molecule has 0 radical (unpaired) electrons. The van der Waals surface area contributed by atoms with Crippen LogP contribution in [0.5, 0.6) is 0 Å². The number of benzene rings is 1. The van der Waals surface area contributed by atoms with Gasteiger partial charge in [0, 0.05) is 24.8 Å². The molecule has 0 aliphatic rings. The van der Waals surface area contributed by atoms with E-state index in [0.717, 1.165) is 27.8 Å². The van der Waals surface area contributed by atoms with Gasteiger partial charge in [-0.2, -0.15) is 5.26 Å². The molecule has 0 amide bonds. The number of pyridine rings is 2. The lowest BCUT2D eigenvalue weighted by molar-refractivity contribution is 1.26. The first-order valence-corrected chi connectivity index (χ1v) is 6.68. The van der Waals surface area contributed by atoms with Crippen LogP contribution in [0, 0.1) is 11.3 Å². The Kier molecular flexibility index (Phi) is 3.70. The monoisotopic (exact) mass is 271 g/mol. The minimum Gasteiger partial charge on any atom is -0.265 e. The summed E-state index contributed by atoms with van der Waals surface area (Å²) in [6.07, 6.45) is 7.50. The minimum atomic E-state index is 0.400. The average Bonchev–Trinajstić information content (AvgIpc) is 2.56. The van der Waals surface area contributed by atoms with E-state index in [2.05, 4.69) is 34.2 Å². The third kappa shape index (κ3) is 2.96. The molecule has 0 fully saturated rings. The molecule has 0 aliphatic heterocycles. The number of nitriles is 1. The minimum absolute atomic E-state index is 0.400. The van der Waals surface area contributed by atoms with Crippen molar-refractivity contribution >= 4 is 0 Å². The summed E-state index contributed by atoms with van der Waals surface area (Å²) in [6, 6.07) is 16.4. The largest absolute Gasteiger partial charge is 0.265 e. The third-order valence-electron chi connectivity index (χ3n) is 3.30. The zero-order chi connectivity index (χ0) is 14.5. The molecule has 0 unspecified atom stereocenters. The summed E-state index contributed by atoms with van der Waals surface area (Å²) in [6.45, 7) is 0. The van der Waals surface area contributed by atoms with Crippen LogP contribution >= 0.6 is 0 Å². The molecule has 0 aliphatic carbocycles. The summed E-state index contributed by atoms with van der Waals surface area (Å²) in [5.41, 5.74) is 5.40. The fourth-order valence-corrected chi connectivity index (χ4v) is 2.31. The van der Waals surface area contributed by atoms with Crippen LogP contribution < -0.4 is 0 Å². The van der Waals surface area contributed by atoms with Crippen LogP contribution in [0.15, 0.2) is 67.3 Å². The van der Waals surface area contributed by atoms with Crippen LogP contribution in [0.25, 0.3) is 22.3 Å². The molecule has 0 atom stereocenters. The lowest BCUT2D eigenvalue weighted by Crippen LogP contribution is -1.88. The molecule has 0 N–H and O–H groups in total. The number of hydrogen-bond donors (Lipinski definition) is 0. The van der Waals surface area contributed by atoms with Gasteiger partial charge in [0.05, 0.1) is 12.5 Å². The summed E-state index contributed by atoms with van der Waals surface area (Å²) >= 11 is 0. The van der Waals surface area contributed by atoms with Crippen molar-refractivity contribution in [1.29, 1.82) is 5.26 Å². The van der Waals surface area contributed by atoms with Gasteiger partial charge in [0.25, 0.3) is 0 Å². The molecule has 100 valence electrons. The molecule has 3 nitrogen and oxygen atoms in total. The number of nitrogens with zero attached hydrogens (tertiary/aromatic N) is 3. The first kappa shape index (κ1) is 13.0. The molecule has 21 heavy (non-hydrogen) atoms. The van der Waals surface area contributed by atoms with E-state index in [1.807, 2.05) is 24.3 Å². The zero-order valence-corrected chi connectivity index (χ0v) is 11.4. The highest BCUT2D eigenvalue weighted by atomic mass is 14.6. The molecule has 2 heterocycles. The maximum atomic E-state index is 8.97.